The van der Waals surface area contributed by atoms with Gasteiger partial charge in [0.05, 0.1) is 12.3 Å². The maximum absolute atomic E-state index is 14.4. The first-order chi connectivity index (χ1) is 11.0. The number of aliphatic imine (C=N–C) groups is 1. The SMILES string of the molecule is CC1=Nc2ccnn2C(c2ccccc2F)C1C(=O)OC(C)C. The summed E-state index contributed by atoms with van der Waals surface area (Å²) in [6, 6.07) is 7.54. The smallest absolute Gasteiger partial charge is 0.317 e. The monoisotopic (exact) mass is 315 g/mol. The Hall–Kier alpha value is -2.50. The summed E-state index contributed by atoms with van der Waals surface area (Å²) in [6.07, 6.45) is 1.34. The van der Waals surface area contributed by atoms with Crippen molar-refractivity contribution in [1.29, 1.82) is 0 Å². The van der Waals surface area contributed by atoms with Crippen LogP contribution in [-0.2, 0) is 9.53 Å². The molecule has 2 unspecified atom stereocenters. The van der Waals surface area contributed by atoms with Gasteiger partial charge in [-0.25, -0.2) is 14.1 Å². The van der Waals surface area contributed by atoms with Crippen molar-refractivity contribution in [3.8, 4) is 0 Å². The molecule has 1 aliphatic rings. The van der Waals surface area contributed by atoms with E-state index in [-0.39, 0.29) is 11.9 Å². The molecule has 0 amide bonds. The highest BCUT2D eigenvalue weighted by Crippen LogP contribution is 2.37. The average molecular weight is 315 g/mol. The molecule has 0 spiro atoms. The highest BCUT2D eigenvalue weighted by molar-refractivity contribution is 6.03. The van der Waals surface area contributed by atoms with Crippen LogP contribution in [0.4, 0.5) is 10.2 Å². The van der Waals surface area contributed by atoms with Crippen LogP contribution in [-0.4, -0.2) is 27.6 Å². The van der Waals surface area contributed by atoms with Gasteiger partial charge in [-0.15, -0.1) is 0 Å². The Bertz CT molecular complexity index is 767. The van der Waals surface area contributed by atoms with Crippen LogP contribution in [0.5, 0.6) is 0 Å². The molecule has 0 saturated carbocycles. The predicted molar refractivity (Wildman–Crippen MR) is 84.3 cm³/mol. The minimum Gasteiger partial charge on any atom is -0.462 e. The Morgan fingerprint density at radius 2 is 2.04 bits per heavy atom. The summed E-state index contributed by atoms with van der Waals surface area (Å²) in [5, 5.41) is 4.24. The highest BCUT2D eigenvalue weighted by Gasteiger charge is 2.40. The first kappa shape index (κ1) is 15.4. The van der Waals surface area contributed by atoms with Gasteiger partial charge >= 0.3 is 5.97 Å². The van der Waals surface area contributed by atoms with Gasteiger partial charge in [0.1, 0.15) is 17.8 Å². The van der Waals surface area contributed by atoms with E-state index in [4.69, 9.17) is 4.74 Å². The highest BCUT2D eigenvalue weighted by atomic mass is 19.1. The zero-order valence-electron chi connectivity index (χ0n) is 13.2. The van der Waals surface area contributed by atoms with Crippen molar-refractivity contribution in [1.82, 2.24) is 9.78 Å². The van der Waals surface area contributed by atoms with Gasteiger partial charge in [0, 0.05) is 17.3 Å². The number of halogens is 1. The van der Waals surface area contributed by atoms with Crippen LogP contribution in [0, 0.1) is 11.7 Å². The van der Waals surface area contributed by atoms with E-state index in [2.05, 4.69) is 10.1 Å². The summed E-state index contributed by atoms with van der Waals surface area (Å²) in [5.41, 5.74) is 0.995. The lowest BCUT2D eigenvalue weighted by atomic mass is 9.88. The molecule has 2 aromatic rings. The van der Waals surface area contributed by atoms with Gasteiger partial charge in [-0.3, -0.25) is 4.79 Å². The van der Waals surface area contributed by atoms with Gasteiger partial charge in [0.25, 0.3) is 0 Å². The van der Waals surface area contributed by atoms with Gasteiger partial charge in [0.2, 0.25) is 0 Å². The standard InChI is InChI=1S/C17H18FN3O2/c1-10(2)23-17(22)15-11(3)20-14-8-9-19-21(14)16(15)12-6-4-5-7-13(12)18/h4-10,15-16H,1-3H3. The van der Waals surface area contributed by atoms with Crippen LogP contribution >= 0.6 is 0 Å². The molecule has 2 heterocycles. The number of aromatic nitrogens is 2. The molecule has 0 radical (unpaired) electrons. The van der Waals surface area contributed by atoms with E-state index in [0.29, 0.717) is 17.1 Å². The van der Waals surface area contributed by atoms with E-state index in [1.807, 2.05) is 0 Å². The Kier molecular flexibility index (Phi) is 3.98. The van der Waals surface area contributed by atoms with Crippen molar-refractivity contribution in [2.45, 2.75) is 32.9 Å². The zero-order valence-corrected chi connectivity index (χ0v) is 13.2. The molecule has 2 atom stereocenters. The first-order valence-electron chi connectivity index (χ1n) is 7.52. The summed E-state index contributed by atoms with van der Waals surface area (Å²) < 4.78 is 21.3. The molecule has 1 aromatic heterocycles. The molecular weight excluding hydrogens is 297 g/mol. The quantitative estimate of drug-likeness (QED) is 0.817. The molecule has 3 rings (SSSR count). The topological polar surface area (TPSA) is 56.5 Å². The fraction of sp³-hybridized carbons (Fsp3) is 0.353. The Balaban J connectivity index is 2.13. The molecule has 0 fully saturated rings. The zero-order chi connectivity index (χ0) is 16.6. The third kappa shape index (κ3) is 2.76. The Morgan fingerprint density at radius 3 is 2.74 bits per heavy atom. The third-order valence-corrected chi connectivity index (χ3v) is 3.80. The summed E-state index contributed by atoms with van der Waals surface area (Å²) in [5.74, 6) is -0.905. The van der Waals surface area contributed by atoms with Crippen molar-refractivity contribution in [3.63, 3.8) is 0 Å². The van der Waals surface area contributed by atoms with Crippen molar-refractivity contribution in [2.24, 2.45) is 10.9 Å². The molecule has 1 aromatic carbocycles. The van der Waals surface area contributed by atoms with E-state index in [1.54, 1.807) is 55.9 Å². The number of hydrogen-bond acceptors (Lipinski definition) is 4. The van der Waals surface area contributed by atoms with Crippen LogP contribution in [0.15, 0.2) is 41.5 Å². The molecule has 1 aliphatic heterocycles. The second kappa shape index (κ2) is 5.95. The lowest BCUT2D eigenvalue weighted by Crippen LogP contribution is -2.38. The summed E-state index contributed by atoms with van der Waals surface area (Å²) in [6.45, 7) is 5.33. The van der Waals surface area contributed by atoms with E-state index >= 15 is 0 Å². The molecule has 0 aliphatic carbocycles. The number of fused-ring (bicyclic) bond motifs is 1. The van der Waals surface area contributed by atoms with Crippen molar-refractivity contribution < 1.29 is 13.9 Å². The van der Waals surface area contributed by atoms with E-state index < -0.39 is 17.9 Å². The van der Waals surface area contributed by atoms with Crippen LogP contribution in [0.2, 0.25) is 0 Å². The molecule has 0 N–H and O–H groups in total. The maximum Gasteiger partial charge on any atom is 0.317 e. The van der Waals surface area contributed by atoms with Crippen LogP contribution in [0.25, 0.3) is 0 Å². The Labute approximate surface area is 133 Å². The first-order valence-corrected chi connectivity index (χ1v) is 7.52. The van der Waals surface area contributed by atoms with Gasteiger partial charge in [0.15, 0.2) is 5.82 Å². The van der Waals surface area contributed by atoms with Gasteiger partial charge in [-0.2, -0.15) is 5.10 Å². The van der Waals surface area contributed by atoms with E-state index in [1.165, 1.54) is 6.07 Å². The number of carbonyl (C=O) groups is 1. The number of benzene rings is 1. The second-order valence-electron chi connectivity index (χ2n) is 5.82. The average Bonchev–Trinajstić information content (AvgIpc) is 2.93. The van der Waals surface area contributed by atoms with E-state index in [9.17, 15) is 9.18 Å². The number of esters is 1. The number of hydrogen-bond donors (Lipinski definition) is 0. The van der Waals surface area contributed by atoms with Crippen molar-refractivity contribution in [2.75, 3.05) is 0 Å². The normalized spacial score (nSPS) is 20.1. The predicted octanol–water partition coefficient (Wildman–Crippen LogP) is 3.29. The second-order valence-corrected chi connectivity index (χ2v) is 5.82. The summed E-state index contributed by atoms with van der Waals surface area (Å²) >= 11 is 0. The maximum atomic E-state index is 14.4. The summed E-state index contributed by atoms with van der Waals surface area (Å²) in [7, 11) is 0. The molecule has 120 valence electrons. The Morgan fingerprint density at radius 1 is 1.30 bits per heavy atom. The lowest BCUT2D eigenvalue weighted by Gasteiger charge is -2.31. The van der Waals surface area contributed by atoms with Crippen molar-refractivity contribution >= 4 is 17.5 Å². The number of carbonyl (C=O) groups excluding carboxylic acids is 1. The summed E-state index contributed by atoms with van der Waals surface area (Å²) in [4.78, 5) is 17.0. The van der Waals surface area contributed by atoms with Crippen LogP contribution in [0.1, 0.15) is 32.4 Å². The van der Waals surface area contributed by atoms with Crippen molar-refractivity contribution in [3.05, 3.63) is 47.9 Å². The molecule has 0 bridgehead atoms. The van der Waals surface area contributed by atoms with Gasteiger partial charge < -0.3 is 4.74 Å². The van der Waals surface area contributed by atoms with Gasteiger partial charge in [-0.1, -0.05) is 18.2 Å². The largest absolute Gasteiger partial charge is 0.462 e. The number of nitrogens with zero attached hydrogens (tertiary/aromatic N) is 3. The third-order valence-electron chi connectivity index (χ3n) is 3.80. The lowest BCUT2D eigenvalue weighted by molar-refractivity contribution is -0.151. The number of ether oxygens (including phenoxy) is 1. The minimum atomic E-state index is -0.707. The molecule has 5 nitrogen and oxygen atoms in total. The van der Waals surface area contributed by atoms with Crippen LogP contribution in [0.3, 0.4) is 0 Å². The molecule has 0 saturated heterocycles. The van der Waals surface area contributed by atoms with Crippen LogP contribution < -0.4 is 0 Å². The molecule has 23 heavy (non-hydrogen) atoms. The molecular formula is C17H18FN3O2. The van der Waals surface area contributed by atoms with E-state index in [0.717, 1.165) is 0 Å². The molecule has 6 heteroatoms. The minimum absolute atomic E-state index is 0.254. The number of rotatable bonds is 3. The fourth-order valence-corrected chi connectivity index (χ4v) is 2.86. The van der Waals surface area contributed by atoms with Gasteiger partial charge in [-0.05, 0) is 26.8 Å². The fourth-order valence-electron chi connectivity index (χ4n) is 2.86.